The van der Waals surface area contributed by atoms with Crippen molar-refractivity contribution >= 4 is 33.0 Å². The highest BCUT2D eigenvalue weighted by atomic mass is 32.2. The van der Waals surface area contributed by atoms with E-state index in [0.29, 0.717) is 10.8 Å². The van der Waals surface area contributed by atoms with Crippen molar-refractivity contribution in [2.45, 2.75) is 62.6 Å². The molecule has 0 saturated carbocycles. The molecule has 0 spiro atoms. The van der Waals surface area contributed by atoms with Gasteiger partial charge in [-0.3, -0.25) is 0 Å². The topological polar surface area (TPSA) is 108 Å². The van der Waals surface area contributed by atoms with Gasteiger partial charge in [0.1, 0.15) is 0 Å². The first-order valence-electron chi connectivity index (χ1n) is 8.01. The summed E-state index contributed by atoms with van der Waals surface area (Å²) < 4.78 is 22.5. The maximum absolute atomic E-state index is 11.3. The van der Waals surface area contributed by atoms with Gasteiger partial charge in [-0.05, 0) is 77.0 Å². The zero-order valence-electron chi connectivity index (χ0n) is 14.9. The lowest BCUT2D eigenvalue weighted by molar-refractivity contribution is -0.245. The Morgan fingerprint density at radius 1 is 1.20 bits per heavy atom. The smallest absolute Gasteiger partial charge is 0.238 e. The number of rotatable bonds is 3. The van der Waals surface area contributed by atoms with E-state index in [9.17, 15) is 13.6 Å². The molecule has 1 aromatic rings. The van der Waals surface area contributed by atoms with Crippen molar-refractivity contribution in [3.63, 3.8) is 0 Å². The van der Waals surface area contributed by atoms with Crippen LogP contribution in [0.25, 0.3) is 0 Å². The molecule has 1 heterocycles. The molecule has 0 unspecified atom stereocenters. The number of primary sulfonamides is 1. The van der Waals surface area contributed by atoms with Crippen LogP contribution in [-0.4, -0.2) is 40.9 Å². The van der Waals surface area contributed by atoms with Gasteiger partial charge >= 0.3 is 0 Å². The van der Waals surface area contributed by atoms with Crippen molar-refractivity contribution in [2.75, 3.05) is 5.32 Å². The number of hydrogen-bond acceptors (Lipinski definition) is 5. The Morgan fingerprint density at radius 2 is 1.68 bits per heavy atom. The molecule has 1 aromatic carbocycles. The highest BCUT2D eigenvalue weighted by Gasteiger charge is 2.45. The molecule has 2 rings (SSSR count). The second-order valence-electron chi connectivity index (χ2n) is 7.71. The number of benzene rings is 1. The summed E-state index contributed by atoms with van der Waals surface area (Å²) in [6, 6.07) is 6.18. The number of nitrogens with zero attached hydrogens (tertiary/aromatic N) is 1. The summed E-state index contributed by atoms with van der Waals surface area (Å²) in [7, 11) is -3.71. The summed E-state index contributed by atoms with van der Waals surface area (Å²) in [4.78, 5) is 0.0516. The molecule has 0 aromatic heterocycles. The molecule has 25 heavy (non-hydrogen) atoms. The monoisotopic (exact) mass is 386 g/mol. The first-order chi connectivity index (χ1) is 11.3. The quantitative estimate of drug-likeness (QED) is 0.589. The maximum Gasteiger partial charge on any atom is 0.238 e. The van der Waals surface area contributed by atoms with Gasteiger partial charge in [0.25, 0.3) is 0 Å². The summed E-state index contributed by atoms with van der Waals surface area (Å²) in [5.74, 6) is 0. The van der Waals surface area contributed by atoms with Gasteiger partial charge in [-0.2, -0.15) is 5.06 Å². The molecule has 1 aliphatic heterocycles. The molecule has 9 heteroatoms. The number of sulfonamides is 1. The molecular formula is C16H26N4O3S2. The van der Waals surface area contributed by atoms with E-state index in [4.69, 9.17) is 17.4 Å². The van der Waals surface area contributed by atoms with Crippen molar-refractivity contribution in [1.29, 1.82) is 0 Å². The number of nitrogens with one attached hydrogen (secondary N) is 2. The molecule has 0 radical (unpaired) electrons. The van der Waals surface area contributed by atoms with Crippen LogP contribution in [0.3, 0.4) is 0 Å². The highest BCUT2D eigenvalue weighted by Crippen LogP contribution is 2.36. The normalized spacial score (nSPS) is 20.9. The van der Waals surface area contributed by atoms with E-state index < -0.39 is 10.0 Å². The highest BCUT2D eigenvalue weighted by molar-refractivity contribution is 7.89. The van der Waals surface area contributed by atoms with Gasteiger partial charge < -0.3 is 15.8 Å². The lowest BCUT2D eigenvalue weighted by atomic mass is 9.79. The van der Waals surface area contributed by atoms with Crippen molar-refractivity contribution in [1.82, 2.24) is 10.4 Å². The van der Waals surface area contributed by atoms with Gasteiger partial charge in [0.05, 0.1) is 4.90 Å². The average Bonchev–Trinajstić information content (AvgIpc) is 2.43. The van der Waals surface area contributed by atoms with Crippen molar-refractivity contribution in [2.24, 2.45) is 5.14 Å². The molecule has 1 saturated heterocycles. The third-order valence-electron chi connectivity index (χ3n) is 4.41. The van der Waals surface area contributed by atoms with Crippen LogP contribution in [0.2, 0.25) is 0 Å². The van der Waals surface area contributed by atoms with Gasteiger partial charge in [-0.25, -0.2) is 13.6 Å². The summed E-state index contributed by atoms with van der Waals surface area (Å²) >= 11 is 5.36. The largest absolute Gasteiger partial charge is 0.360 e. The van der Waals surface area contributed by atoms with Crippen LogP contribution in [0.5, 0.6) is 0 Å². The van der Waals surface area contributed by atoms with Crippen LogP contribution >= 0.6 is 12.2 Å². The van der Waals surface area contributed by atoms with E-state index in [1.54, 1.807) is 12.1 Å². The third kappa shape index (κ3) is 4.89. The van der Waals surface area contributed by atoms with E-state index in [1.807, 2.05) is 27.7 Å². The van der Waals surface area contributed by atoms with Crippen LogP contribution in [-0.2, 0) is 10.0 Å². The molecule has 1 fully saturated rings. The average molecular weight is 387 g/mol. The number of thiocarbonyl (C=S) groups is 1. The standard InChI is InChI=1S/C16H26N4O3S2/c1-15(2)9-12(10-16(3,4)20(15)21)19-14(24)18-11-5-7-13(8-6-11)25(17,22)23/h5-8,12,21H,9-10H2,1-4H3,(H2,17,22,23)(H2,18,19,24). The fourth-order valence-corrected chi connectivity index (χ4v) is 4.25. The van der Waals surface area contributed by atoms with Gasteiger partial charge in [0.15, 0.2) is 5.11 Å². The van der Waals surface area contributed by atoms with E-state index in [1.165, 1.54) is 17.2 Å². The summed E-state index contributed by atoms with van der Waals surface area (Å²) in [6.07, 6.45) is 1.47. The zero-order chi connectivity index (χ0) is 19.0. The van der Waals surface area contributed by atoms with Gasteiger partial charge in [0, 0.05) is 22.8 Å². The van der Waals surface area contributed by atoms with Crippen LogP contribution in [0, 0.1) is 0 Å². The van der Waals surface area contributed by atoms with Gasteiger partial charge in [-0.15, -0.1) is 0 Å². The summed E-state index contributed by atoms with van der Waals surface area (Å²) in [5, 5.41) is 23.6. The molecule has 1 aliphatic rings. The van der Waals surface area contributed by atoms with E-state index in [-0.39, 0.29) is 22.0 Å². The van der Waals surface area contributed by atoms with Crippen LogP contribution in [0.4, 0.5) is 5.69 Å². The van der Waals surface area contributed by atoms with E-state index in [0.717, 1.165) is 12.8 Å². The fraction of sp³-hybridized carbons (Fsp3) is 0.562. The minimum Gasteiger partial charge on any atom is -0.360 e. The Kier molecular flexibility index (Phi) is 5.46. The molecule has 140 valence electrons. The lowest BCUT2D eigenvalue weighted by Gasteiger charge is -2.51. The number of nitrogens with two attached hydrogens (primary N) is 1. The SMILES string of the molecule is CC1(C)CC(NC(=S)Nc2ccc(S(N)(=O)=O)cc2)CC(C)(C)N1O. The fourth-order valence-electron chi connectivity index (χ4n) is 3.45. The van der Waals surface area contributed by atoms with Gasteiger partial charge in [-0.1, -0.05) is 0 Å². The molecule has 0 atom stereocenters. The Labute approximate surface area is 154 Å². The molecule has 0 bridgehead atoms. The Morgan fingerprint density at radius 3 is 2.12 bits per heavy atom. The second kappa shape index (κ2) is 6.81. The Balaban J connectivity index is 2.01. The summed E-state index contributed by atoms with van der Waals surface area (Å²) in [6.45, 7) is 7.96. The first kappa shape index (κ1) is 20.1. The van der Waals surface area contributed by atoms with Crippen LogP contribution in [0.1, 0.15) is 40.5 Å². The van der Waals surface area contributed by atoms with Crippen molar-refractivity contribution in [3.8, 4) is 0 Å². The van der Waals surface area contributed by atoms with Crippen LogP contribution in [0.15, 0.2) is 29.2 Å². The molecular weight excluding hydrogens is 360 g/mol. The van der Waals surface area contributed by atoms with Crippen molar-refractivity contribution in [3.05, 3.63) is 24.3 Å². The molecule has 0 aliphatic carbocycles. The Bertz CT molecular complexity index is 727. The number of hydroxylamine groups is 2. The van der Waals surface area contributed by atoms with Crippen LogP contribution < -0.4 is 15.8 Å². The third-order valence-corrected chi connectivity index (χ3v) is 5.56. The molecule has 7 nitrogen and oxygen atoms in total. The van der Waals surface area contributed by atoms with E-state index >= 15 is 0 Å². The second-order valence-corrected chi connectivity index (χ2v) is 9.68. The minimum atomic E-state index is -3.71. The number of hydrogen-bond donors (Lipinski definition) is 4. The van der Waals surface area contributed by atoms with Gasteiger partial charge in [0.2, 0.25) is 10.0 Å². The summed E-state index contributed by atoms with van der Waals surface area (Å²) in [5.41, 5.74) is -0.0683. The Hall–Kier alpha value is -1.26. The predicted octanol–water partition coefficient (Wildman–Crippen LogP) is 2.03. The maximum atomic E-state index is 11.3. The first-order valence-corrected chi connectivity index (χ1v) is 9.96. The lowest BCUT2D eigenvalue weighted by Crippen LogP contribution is -2.63. The predicted molar refractivity (Wildman–Crippen MR) is 102 cm³/mol. The zero-order valence-corrected chi connectivity index (χ0v) is 16.5. The van der Waals surface area contributed by atoms with E-state index in [2.05, 4.69) is 10.6 Å². The van der Waals surface area contributed by atoms with Crippen molar-refractivity contribution < 1.29 is 13.6 Å². The molecule has 0 amide bonds. The number of anilines is 1. The molecule has 5 N–H and O–H groups in total. The number of piperidine rings is 1. The minimum absolute atomic E-state index is 0.0516.